The first-order valence-electron chi connectivity index (χ1n) is 11.0. The Hall–Kier alpha value is -3.35. The van der Waals surface area contributed by atoms with Gasteiger partial charge in [-0.15, -0.1) is 0 Å². The van der Waals surface area contributed by atoms with E-state index in [1.807, 2.05) is 62.4 Å². The molecule has 1 atom stereocenters. The van der Waals surface area contributed by atoms with Gasteiger partial charge in [0.25, 0.3) is 5.56 Å². The maximum absolute atomic E-state index is 13.5. The third-order valence-electron chi connectivity index (χ3n) is 5.71. The van der Waals surface area contributed by atoms with Crippen molar-refractivity contribution in [2.24, 2.45) is 0 Å². The van der Waals surface area contributed by atoms with Gasteiger partial charge in [-0.05, 0) is 43.7 Å². The summed E-state index contributed by atoms with van der Waals surface area (Å²) < 4.78 is 1.64. The predicted octanol–water partition coefficient (Wildman–Crippen LogP) is 6.37. The molecule has 8 heteroatoms. The molecule has 0 bridgehead atoms. The number of anilines is 1. The van der Waals surface area contributed by atoms with Gasteiger partial charge in [-0.2, -0.15) is 0 Å². The zero-order valence-corrected chi connectivity index (χ0v) is 20.3. The van der Waals surface area contributed by atoms with Gasteiger partial charge >= 0.3 is 6.03 Å². The highest BCUT2D eigenvalue weighted by atomic mass is 35.5. The van der Waals surface area contributed by atoms with Gasteiger partial charge in [0, 0.05) is 6.54 Å². The molecule has 1 N–H and O–H groups in total. The van der Waals surface area contributed by atoms with Crippen LogP contribution in [0.2, 0.25) is 10.0 Å². The number of hydrogen-bond acceptors (Lipinski definition) is 3. The van der Waals surface area contributed by atoms with Crippen molar-refractivity contribution < 1.29 is 4.79 Å². The van der Waals surface area contributed by atoms with E-state index in [-0.39, 0.29) is 16.6 Å². The van der Waals surface area contributed by atoms with E-state index in [4.69, 9.17) is 28.2 Å². The second-order valence-electron chi connectivity index (χ2n) is 7.86. The fraction of sp³-hybridized carbons (Fsp3) is 0.192. The van der Waals surface area contributed by atoms with Crippen LogP contribution in [0.25, 0.3) is 10.9 Å². The van der Waals surface area contributed by atoms with Crippen molar-refractivity contribution in [1.82, 2.24) is 14.5 Å². The van der Waals surface area contributed by atoms with Crippen molar-refractivity contribution in [2.45, 2.75) is 26.4 Å². The number of carbonyl (C=O) groups is 1. The number of aromatic nitrogens is 2. The van der Waals surface area contributed by atoms with Gasteiger partial charge in [0.1, 0.15) is 5.82 Å². The van der Waals surface area contributed by atoms with Crippen LogP contribution in [0.15, 0.2) is 77.6 Å². The van der Waals surface area contributed by atoms with Gasteiger partial charge in [0.2, 0.25) is 0 Å². The van der Waals surface area contributed by atoms with E-state index < -0.39 is 6.04 Å². The maximum Gasteiger partial charge on any atom is 0.322 e. The summed E-state index contributed by atoms with van der Waals surface area (Å²) in [6.45, 7) is 4.47. The summed E-state index contributed by atoms with van der Waals surface area (Å²) in [5, 5.41) is 3.98. The van der Waals surface area contributed by atoms with Crippen molar-refractivity contribution in [3.63, 3.8) is 0 Å². The van der Waals surface area contributed by atoms with E-state index >= 15 is 0 Å². The third kappa shape index (κ3) is 4.79. The van der Waals surface area contributed by atoms with E-state index in [1.54, 1.807) is 33.7 Å². The Morgan fingerprint density at radius 3 is 2.47 bits per heavy atom. The average Bonchev–Trinajstić information content (AvgIpc) is 2.84. The second kappa shape index (κ2) is 10.3. The molecule has 1 unspecified atom stereocenters. The summed E-state index contributed by atoms with van der Waals surface area (Å²) in [5.41, 5.74) is 1.82. The molecule has 1 aromatic heterocycles. The van der Waals surface area contributed by atoms with E-state index in [0.717, 1.165) is 5.56 Å². The monoisotopic (exact) mass is 494 g/mol. The van der Waals surface area contributed by atoms with Crippen molar-refractivity contribution >= 4 is 45.8 Å². The molecule has 0 aliphatic heterocycles. The molecule has 4 aromatic rings. The summed E-state index contributed by atoms with van der Waals surface area (Å²) in [4.78, 5) is 33.1. The molecule has 6 nitrogen and oxygen atoms in total. The molecular formula is C26H24Cl2N4O2. The highest BCUT2D eigenvalue weighted by molar-refractivity contribution is 6.43. The lowest BCUT2D eigenvalue weighted by Gasteiger charge is -2.30. The van der Waals surface area contributed by atoms with Crippen molar-refractivity contribution in [3.05, 3.63) is 105 Å². The summed E-state index contributed by atoms with van der Waals surface area (Å²) in [7, 11) is 0. The number of halogens is 2. The first kappa shape index (κ1) is 23.8. The highest BCUT2D eigenvalue weighted by Gasteiger charge is 2.26. The van der Waals surface area contributed by atoms with Gasteiger partial charge in [0.15, 0.2) is 0 Å². The van der Waals surface area contributed by atoms with Gasteiger partial charge in [-0.3, -0.25) is 9.36 Å². The minimum Gasteiger partial charge on any atom is -0.315 e. The molecule has 2 amide bonds. The molecule has 3 aromatic carbocycles. The minimum atomic E-state index is -0.496. The van der Waals surface area contributed by atoms with Crippen LogP contribution in [0.5, 0.6) is 0 Å². The Bertz CT molecular complexity index is 1390. The van der Waals surface area contributed by atoms with Crippen molar-refractivity contribution in [3.8, 4) is 0 Å². The van der Waals surface area contributed by atoms with Crippen molar-refractivity contribution in [1.29, 1.82) is 0 Å². The molecule has 0 aliphatic carbocycles. The fourth-order valence-corrected chi connectivity index (χ4v) is 4.29. The fourth-order valence-electron chi connectivity index (χ4n) is 3.94. The molecule has 1 heterocycles. The zero-order valence-electron chi connectivity index (χ0n) is 18.8. The smallest absolute Gasteiger partial charge is 0.315 e. The predicted molar refractivity (Wildman–Crippen MR) is 138 cm³/mol. The lowest BCUT2D eigenvalue weighted by molar-refractivity contribution is 0.192. The van der Waals surface area contributed by atoms with Crippen LogP contribution in [-0.2, 0) is 6.54 Å². The molecule has 0 saturated heterocycles. The Labute approximate surface area is 207 Å². The lowest BCUT2D eigenvalue weighted by Crippen LogP contribution is -2.40. The molecule has 0 aliphatic rings. The van der Waals surface area contributed by atoms with Crippen LogP contribution in [-0.4, -0.2) is 27.0 Å². The first-order valence-corrected chi connectivity index (χ1v) is 11.7. The molecule has 0 radical (unpaired) electrons. The number of benzene rings is 3. The van der Waals surface area contributed by atoms with Crippen LogP contribution in [0, 0.1) is 0 Å². The van der Waals surface area contributed by atoms with Gasteiger partial charge in [-0.1, -0.05) is 71.7 Å². The molecule has 174 valence electrons. The van der Waals surface area contributed by atoms with Crippen LogP contribution in [0.1, 0.15) is 31.3 Å². The van der Waals surface area contributed by atoms with Crippen molar-refractivity contribution in [2.75, 3.05) is 11.9 Å². The third-order valence-corrected chi connectivity index (χ3v) is 6.53. The van der Waals surface area contributed by atoms with Crippen LogP contribution in [0.3, 0.4) is 0 Å². The molecule has 0 fully saturated rings. The number of fused-ring (bicyclic) bond motifs is 1. The summed E-state index contributed by atoms with van der Waals surface area (Å²) in [6, 6.07) is 21.1. The van der Waals surface area contributed by atoms with Gasteiger partial charge in [0.05, 0.1) is 39.2 Å². The average molecular weight is 495 g/mol. The first-order chi connectivity index (χ1) is 16.4. The van der Waals surface area contributed by atoms with Crippen LogP contribution < -0.4 is 10.9 Å². The quantitative estimate of drug-likeness (QED) is 0.338. The summed E-state index contributed by atoms with van der Waals surface area (Å²) in [5.74, 6) is 0.502. The van der Waals surface area contributed by atoms with E-state index in [0.29, 0.717) is 40.5 Å². The number of nitrogens with zero attached hydrogens (tertiary/aromatic N) is 3. The number of rotatable bonds is 6. The Morgan fingerprint density at radius 2 is 1.74 bits per heavy atom. The topological polar surface area (TPSA) is 67.2 Å². The highest BCUT2D eigenvalue weighted by Crippen LogP contribution is 2.30. The van der Waals surface area contributed by atoms with E-state index in [1.165, 1.54) is 0 Å². The van der Waals surface area contributed by atoms with Gasteiger partial charge in [-0.25, -0.2) is 9.78 Å². The van der Waals surface area contributed by atoms with Crippen LogP contribution >= 0.6 is 23.2 Å². The maximum atomic E-state index is 13.5. The summed E-state index contributed by atoms with van der Waals surface area (Å²) >= 11 is 12.4. The molecule has 34 heavy (non-hydrogen) atoms. The van der Waals surface area contributed by atoms with Gasteiger partial charge < -0.3 is 10.2 Å². The number of hydrogen-bond donors (Lipinski definition) is 1. The largest absolute Gasteiger partial charge is 0.322 e. The number of para-hydroxylation sites is 1. The normalized spacial score (nSPS) is 11.9. The lowest BCUT2D eigenvalue weighted by atomic mass is 10.1. The Morgan fingerprint density at radius 1 is 1.03 bits per heavy atom. The number of nitrogens with one attached hydrogen (secondary N) is 1. The zero-order chi connectivity index (χ0) is 24.2. The number of amides is 2. The van der Waals surface area contributed by atoms with Crippen LogP contribution in [0.4, 0.5) is 10.5 Å². The number of carbonyl (C=O) groups excluding carboxylic acids is 1. The minimum absolute atomic E-state index is 0.148. The SMILES string of the molecule is CCN(C(=O)Nc1cccc(Cl)c1Cl)C(C)c1nc2ccccc2c(=O)n1Cc1ccccc1. The molecular weight excluding hydrogens is 471 g/mol. The van der Waals surface area contributed by atoms with E-state index in [9.17, 15) is 9.59 Å². The Kier molecular flexibility index (Phi) is 7.20. The molecule has 4 rings (SSSR count). The second-order valence-corrected chi connectivity index (χ2v) is 8.64. The Balaban J connectivity index is 1.75. The standard InChI is InChI=1S/C26H24Cl2N4O2/c1-3-31(26(34)30-22-15-9-13-20(27)23(22)28)17(2)24-29-21-14-8-7-12-19(21)25(33)32(24)16-18-10-5-4-6-11-18/h4-15,17H,3,16H2,1-2H3,(H,30,34). The molecule has 0 saturated carbocycles. The van der Waals surface area contributed by atoms with E-state index in [2.05, 4.69) is 5.32 Å². The summed E-state index contributed by atoms with van der Waals surface area (Å²) in [6.07, 6.45) is 0. The number of urea groups is 1. The molecule has 0 spiro atoms.